The van der Waals surface area contributed by atoms with Crippen molar-refractivity contribution in [3.05, 3.63) is 99.5 Å². The third-order valence-electron chi connectivity index (χ3n) is 6.69. The lowest BCUT2D eigenvalue weighted by molar-refractivity contribution is -0.141. The molecule has 1 unspecified atom stereocenters. The molecule has 3 rings (SSSR count). The monoisotopic (exact) mass is 613 g/mol. The van der Waals surface area contributed by atoms with Crippen molar-refractivity contribution >= 4 is 43.5 Å². The molecule has 0 heterocycles. The molecule has 3 aromatic carbocycles. The number of rotatable bonds is 12. The van der Waals surface area contributed by atoms with E-state index in [-0.39, 0.29) is 31.3 Å². The SMILES string of the molecule is CNC(=O)C(Cc1ccccc1)N(Cc1cccc(Br)c1)C(=O)CCCN(c1ccc(C)c(C)c1)S(C)(=O)=O. The number of carbonyl (C=O) groups is 2. The number of anilines is 1. The maximum atomic E-state index is 13.7. The maximum Gasteiger partial charge on any atom is 0.242 e. The molecule has 3 aromatic rings. The molecule has 2 amide bonds. The van der Waals surface area contributed by atoms with Crippen molar-refractivity contribution in [2.75, 3.05) is 24.2 Å². The summed E-state index contributed by atoms with van der Waals surface area (Å²) in [4.78, 5) is 28.4. The summed E-state index contributed by atoms with van der Waals surface area (Å²) < 4.78 is 27.5. The molecule has 0 aromatic heterocycles. The highest BCUT2D eigenvalue weighted by atomic mass is 79.9. The van der Waals surface area contributed by atoms with Gasteiger partial charge in [0.25, 0.3) is 0 Å². The second kappa shape index (κ2) is 13.8. The highest BCUT2D eigenvalue weighted by molar-refractivity contribution is 9.10. The number of carbonyl (C=O) groups excluding carboxylic acids is 2. The van der Waals surface area contributed by atoms with Gasteiger partial charge in [-0.05, 0) is 66.8 Å². The molecule has 9 heteroatoms. The predicted molar refractivity (Wildman–Crippen MR) is 160 cm³/mol. The topological polar surface area (TPSA) is 86.8 Å². The van der Waals surface area contributed by atoms with E-state index in [4.69, 9.17) is 0 Å². The smallest absolute Gasteiger partial charge is 0.242 e. The third kappa shape index (κ3) is 8.66. The first-order chi connectivity index (χ1) is 18.5. The van der Waals surface area contributed by atoms with Crippen LogP contribution in [0.2, 0.25) is 0 Å². The summed E-state index contributed by atoms with van der Waals surface area (Å²) in [5.41, 5.74) is 4.46. The summed E-state index contributed by atoms with van der Waals surface area (Å²) in [6.07, 6.45) is 1.93. The van der Waals surface area contributed by atoms with Crippen LogP contribution < -0.4 is 9.62 Å². The molecule has 39 heavy (non-hydrogen) atoms. The van der Waals surface area contributed by atoms with Gasteiger partial charge in [0.05, 0.1) is 11.9 Å². The molecule has 0 fully saturated rings. The second-order valence-electron chi connectivity index (χ2n) is 9.68. The first kappa shape index (κ1) is 30.4. The van der Waals surface area contributed by atoms with Crippen LogP contribution in [0.5, 0.6) is 0 Å². The van der Waals surface area contributed by atoms with Gasteiger partial charge >= 0.3 is 0 Å². The van der Waals surface area contributed by atoms with Crippen LogP contribution in [-0.2, 0) is 32.6 Å². The van der Waals surface area contributed by atoms with Gasteiger partial charge in [0, 0.05) is 37.5 Å². The summed E-state index contributed by atoms with van der Waals surface area (Å²) in [5.74, 6) is -0.469. The Morgan fingerprint density at radius 2 is 1.62 bits per heavy atom. The second-order valence-corrected chi connectivity index (χ2v) is 12.5. The quantitative estimate of drug-likeness (QED) is 0.311. The molecule has 0 saturated heterocycles. The van der Waals surface area contributed by atoms with Gasteiger partial charge in [0.2, 0.25) is 21.8 Å². The van der Waals surface area contributed by atoms with E-state index in [0.717, 1.165) is 26.7 Å². The number of amides is 2. The largest absolute Gasteiger partial charge is 0.357 e. The molecular formula is C30H36BrN3O4S. The lowest BCUT2D eigenvalue weighted by Gasteiger charge is -2.31. The van der Waals surface area contributed by atoms with Gasteiger partial charge in [-0.1, -0.05) is 64.5 Å². The number of nitrogens with zero attached hydrogens (tertiary/aromatic N) is 2. The first-order valence-electron chi connectivity index (χ1n) is 12.8. The van der Waals surface area contributed by atoms with Crippen LogP contribution in [-0.4, -0.2) is 51.0 Å². The van der Waals surface area contributed by atoms with Crippen LogP contribution >= 0.6 is 15.9 Å². The van der Waals surface area contributed by atoms with E-state index in [2.05, 4.69) is 21.2 Å². The summed E-state index contributed by atoms with van der Waals surface area (Å²) in [6.45, 7) is 4.31. The molecule has 7 nitrogen and oxygen atoms in total. The molecule has 0 aliphatic carbocycles. The Kier molecular flexibility index (Phi) is 10.7. The first-order valence-corrected chi connectivity index (χ1v) is 15.5. The van der Waals surface area contributed by atoms with E-state index in [9.17, 15) is 18.0 Å². The number of benzene rings is 3. The number of nitrogens with one attached hydrogen (secondary N) is 1. The number of halogens is 1. The molecule has 0 aliphatic rings. The predicted octanol–water partition coefficient (Wildman–Crippen LogP) is 5.00. The Morgan fingerprint density at radius 1 is 0.923 bits per heavy atom. The normalized spacial score (nSPS) is 12.0. The molecular weight excluding hydrogens is 578 g/mol. The van der Waals surface area contributed by atoms with Crippen LogP contribution in [0.15, 0.2) is 77.3 Å². The van der Waals surface area contributed by atoms with Crippen LogP contribution in [0.4, 0.5) is 5.69 Å². The van der Waals surface area contributed by atoms with Crippen molar-refractivity contribution in [2.24, 2.45) is 0 Å². The van der Waals surface area contributed by atoms with Gasteiger partial charge in [-0.25, -0.2) is 8.42 Å². The molecule has 1 atom stereocenters. The minimum atomic E-state index is -3.55. The molecule has 0 aliphatic heterocycles. The molecule has 0 saturated carbocycles. The standard InChI is InChI=1S/C30H36BrN3O4S/c1-22-15-16-27(18-23(22)2)34(39(4,37)38)17-9-14-29(35)33(21-25-12-8-13-26(31)19-25)28(30(36)32-3)20-24-10-6-5-7-11-24/h5-8,10-13,15-16,18-19,28H,9,14,17,20-21H2,1-4H3,(H,32,36). The van der Waals surface area contributed by atoms with E-state index in [0.29, 0.717) is 18.5 Å². The molecule has 0 radical (unpaired) electrons. The van der Waals surface area contributed by atoms with Gasteiger partial charge < -0.3 is 10.2 Å². The molecule has 0 spiro atoms. The van der Waals surface area contributed by atoms with Gasteiger partial charge in [0.15, 0.2) is 0 Å². The van der Waals surface area contributed by atoms with Crippen LogP contribution in [0, 0.1) is 13.8 Å². The Morgan fingerprint density at radius 3 is 2.23 bits per heavy atom. The van der Waals surface area contributed by atoms with Crippen molar-refractivity contribution < 1.29 is 18.0 Å². The number of hydrogen-bond donors (Lipinski definition) is 1. The van der Waals surface area contributed by atoms with Crippen LogP contribution in [0.1, 0.15) is 35.1 Å². The summed E-state index contributed by atoms with van der Waals surface area (Å²) in [7, 11) is -1.99. The van der Waals surface area contributed by atoms with E-state index in [1.54, 1.807) is 18.0 Å². The minimum absolute atomic E-state index is 0.0904. The summed E-state index contributed by atoms with van der Waals surface area (Å²) >= 11 is 3.49. The molecule has 1 N–H and O–H groups in total. The number of aryl methyl sites for hydroxylation is 2. The lowest BCUT2D eigenvalue weighted by Crippen LogP contribution is -2.49. The van der Waals surface area contributed by atoms with Crippen LogP contribution in [0.3, 0.4) is 0 Å². The zero-order chi connectivity index (χ0) is 28.6. The van der Waals surface area contributed by atoms with E-state index < -0.39 is 16.1 Å². The minimum Gasteiger partial charge on any atom is -0.357 e. The van der Waals surface area contributed by atoms with Crippen molar-refractivity contribution in [3.8, 4) is 0 Å². The van der Waals surface area contributed by atoms with E-state index in [1.165, 1.54) is 10.6 Å². The lowest BCUT2D eigenvalue weighted by atomic mass is 10.0. The number of likely N-dealkylation sites (N-methyl/N-ethyl adjacent to an activating group) is 1. The van der Waals surface area contributed by atoms with E-state index >= 15 is 0 Å². The van der Waals surface area contributed by atoms with E-state index in [1.807, 2.05) is 80.6 Å². The average Bonchev–Trinajstić information content (AvgIpc) is 2.89. The van der Waals surface area contributed by atoms with Gasteiger partial charge in [-0.2, -0.15) is 0 Å². The Balaban J connectivity index is 1.85. The maximum absolute atomic E-state index is 13.7. The van der Waals surface area contributed by atoms with Crippen molar-refractivity contribution in [1.29, 1.82) is 0 Å². The highest BCUT2D eigenvalue weighted by Crippen LogP contribution is 2.23. The third-order valence-corrected chi connectivity index (χ3v) is 8.38. The Hall–Kier alpha value is -3.17. The Labute approximate surface area is 240 Å². The Bertz CT molecular complexity index is 1400. The highest BCUT2D eigenvalue weighted by Gasteiger charge is 2.30. The summed E-state index contributed by atoms with van der Waals surface area (Å²) in [6, 6.07) is 22.0. The van der Waals surface area contributed by atoms with Crippen molar-refractivity contribution in [2.45, 2.75) is 45.7 Å². The fourth-order valence-electron chi connectivity index (χ4n) is 4.44. The summed E-state index contributed by atoms with van der Waals surface area (Å²) in [5, 5.41) is 2.71. The molecule has 208 valence electrons. The van der Waals surface area contributed by atoms with Crippen LogP contribution in [0.25, 0.3) is 0 Å². The van der Waals surface area contributed by atoms with Crippen molar-refractivity contribution in [3.63, 3.8) is 0 Å². The van der Waals surface area contributed by atoms with Gasteiger partial charge in [0.1, 0.15) is 6.04 Å². The fourth-order valence-corrected chi connectivity index (χ4v) is 5.84. The van der Waals surface area contributed by atoms with Crippen molar-refractivity contribution in [1.82, 2.24) is 10.2 Å². The number of hydrogen-bond acceptors (Lipinski definition) is 4. The molecule has 0 bridgehead atoms. The fraction of sp³-hybridized carbons (Fsp3) is 0.333. The average molecular weight is 615 g/mol. The van der Waals surface area contributed by atoms with Gasteiger partial charge in [-0.15, -0.1) is 0 Å². The zero-order valence-corrected chi connectivity index (χ0v) is 25.3. The number of sulfonamides is 1. The zero-order valence-electron chi connectivity index (χ0n) is 22.9. The van der Waals surface area contributed by atoms with Gasteiger partial charge in [-0.3, -0.25) is 13.9 Å².